The van der Waals surface area contributed by atoms with E-state index < -0.39 is 0 Å². The second-order valence-corrected chi connectivity index (χ2v) is 6.03. The van der Waals surface area contributed by atoms with Crippen LogP contribution in [-0.4, -0.2) is 39.1 Å². The number of nitrogens with zero attached hydrogens (tertiary/aromatic N) is 1. The van der Waals surface area contributed by atoms with Gasteiger partial charge in [-0.05, 0) is 36.6 Å². The number of anilines is 1. The topological polar surface area (TPSA) is 67.9 Å². The van der Waals surface area contributed by atoms with Crippen molar-refractivity contribution in [1.29, 1.82) is 0 Å². The van der Waals surface area contributed by atoms with Crippen LogP contribution in [0.3, 0.4) is 0 Å². The summed E-state index contributed by atoms with van der Waals surface area (Å²) in [7, 11) is 3.03. The van der Waals surface area contributed by atoms with Crippen molar-refractivity contribution in [2.24, 2.45) is 0 Å². The molecular weight excluding hydrogens is 332 g/mol. The summed E-state index contributed by atoms with van der Waals surface area (Å²) in [6.07, 6.45) is 1.89. The van der Waals surface area contributed by atoms with Gasteiger partial charge in [-0.25, -0.2) is 0 Å². The summed E-state index contributed by atoms with van der Waals surface area (Å²) in [5.41, 5.74) is 2.45. The molecule has 2 amide bonds. The maximum Gasteiger partial charge on any atom is 0.255 e. The molecule has 0 atom stereocenters. The Kier molecular flexibility index (Phi) is 5.41. The van der Waals surface area contributed by atoms with E-state index in [0.717, 1.165) is 24.1 Å². The predicted molar refractivity (Wildman–Crippen MR) is 99.0 cm³/mol. The number of hydrogen-bond acceptors (Lipinski definition) is 4. The van der Waals surface area contributed by atoms with Crippen molar-refractivity contribution in [3.8, 4) is 11.5 Å². The van der Waals surface area contributed by atoms with Crippen LogP contribution in [0.15, 0.2) is 42.5 Å². The van der Waals surface area contributed by atoms with E-state index in [1.807, 2.05) is 24.3 Å². The first-order valence-corrected chi connectivity index (χ1v) is 8.52. The molecule has 0 saturated heterocycles. The number of hydrogen-bond donors (Lipinski definition) is 1. The Hall–Kier alpha value is -3.02. The number of methoxy groups -OCH3 is 2. The van der Waals surface area contributed by atoms with E-state index in [2.05, 4.69) is 5.32 Å². The summed E-state index contributed by atoms with van der Waals surface area (Å²) in [6.45, 7) is 0.597. The Morgan fingerprint density at radius 1 is 1.12 bits per heavy atom. The minimum Gasteiger partial charge on any atom is -0.497 e. The number of aryl methyl sites for hydroxylation is 1. The van der Waals surface area contributed by atoms with Gasteiger partial charge in [0.05, 0.1) is 26.3 Å². The van der Waals surface area contributed by atoms with E-state index in [-0.39, 0.29) is 18.4 Å². The summed E-state index contributed by atoms with van der Waals surface area (Å²) in [5, 5.41) is 2.69. The molecule has 0 aromatic heterocycles. The monoisotopic (exact) mass is 354 g/mol. The minimum atomic E-state index is -0.358. The number of nitrogens with one attached hydrogen (secondary N) is 1. The molecule has 1 aliphatic rings. The average Bonchev–Trinajstić information content (AvgIpc) is 2.70. The van der Waals surface area contributed by atoms with Crippen LogP contribution in [0.5, 0.6) is 11.5 Å². The van der Waals surface area contributed by atoms with Crippen molar-refractivity contribution in [2.75, 3.05) is 32.2 Å². The molecular formula is C20H22N2O4. The van der Waals surface area contributed by atoms with Crippen molar-refractivity contribution in [2.45, 2.75) is 12.8 Å². The Labute approximate surface area is 152 Å². The second kappa shape index (κ2) is 7.91. The molecule has 2 aromatic rings. The van der Waals surface area contributed by atoms with Gasteiger partial charge in [-0.2, -0.15) is 0 Å². The number of rotatable bonds is 5. The van der Waals surface area contributed by atoms with Gasteiger partial charge in [0, 0.05) is 18.3 Å². The van der Waals surface area contributed by atoms with Gasteiger partial charge in [0.1, 0.15) is 11.5 Å². The normalized spacial score (nSPS) is 12.9. The van der Waals surface area contributed by atoms with Gasteiger partial charge in [0.25, 0.3) is 5.91 Å². The molecule has 3 rings (SSSR count). The Balaban J connectivity index is 1.68. The maximum atomic E-state index is 12.6. The molecule has 0 aliphatic carbocycles. The fraction of sp³-hybridized carbons (Fsp3) is 0.300. The summed E-state index contributed by atoms with van der Waals surface area (Å²) in [4.78, 5) is 26.8. The summed E-state index contributed by atoms with van der Waals surface area (Å²) >= 11 is 0. The summed E-state index contributed by atoms with van der Waals surface area (Å²) < 4.78 is 10.4. The standard InChI is InChI=1S/C20H22N2O4/c1-25-15-9-10-16(18(12-15)26-2)20(24)21-13-19(23)22-11-5-7-14-6-3-4-8-17(14)22/h3-4,6,8-10,12H,5,7,11,13H2,1-2H3,(H,21,24). The molecule has 2 aromatic carbocycles. The Bertz CT molecular complexity index is 819. The van der Waals surface area contributed by atoms with Crippen molar-refractivity contribution in [1.82, 2.24) is 5.32 Å². The quantitative estimate of drug-likeness (QED) is 0.895. The molecule has 0 unspecified atom stereocenters. The lowest BCUT2D eigenvalue weighted by Crippen LogP contribution is -2.42. The third kappa shape index (κ3) is 3.64. The zero-order chi connectivity index (χ0) is 18.5. The second-order valence-electron chi connectivity index (χ2n) is 6.03. The first-order chi connectivity index (χ1) is 12.6. The number of para-hydroxylation sites is 1. The Morgan fingerprint density at radius 3 is 2.69 bits per heavy atom. The van der Waals surface area contributed by atoms with Gasteiger partial charge in [-0.3, -0.25) is 9.59 Å². The lowest BCUT2D eigenvalue weighted by Gasteiger charge is -2.29. The molecule has 6 heteroatoms. The molecule has 1 heterocycles. The summed E-state index contributed by atoms with van der Waals surface area (Å²) in [5.74, 6) is 0.512. The highest BCUT2D eigenvalue weighted by Gasteiger charge is 2.23. The molecule has 0 saturated carbocycles. The Morgan fingerprint density at radius 2 is 1.92 bits per heavy atom. The molecule has 0 bridgehead atoms. The van der Waals surface area contributed by atoms with Gasteiger partial charge in [-0.15, -0.1) is 0 Å². The smallest absolute Gasteiger partial charge is 0.255 e. The van der Waals surface area contributed by atoms with E-state index in [1.165, 1.54) is 7.11 Å². The molecule has 1 aliphatic heterocycles. The highest BCUT2D eigenvalue weighted by molar-refractivity contribution is 6.02. The predicted octanol–water partition coefficient (Wildman–Crippen LogP) is 2.41. The van der Waals surface area contributed by atoms with E-state index in [4.69, 9.17) is 9.47 Å². The summed E-state index contributed by atoms with van der Waals surface area (Å²) in [6, 6.07) is 12.8. The number of benzene rings is 2. The minimum absolute atomic E-state index is 0.0671. The van der Waals surface area contributed by atoms with Gasteiger partial charge in [-0.1, -0.05) is 18.2 Å². The van der Waals surface area contributed by atoms with E-state index in [0.29, 0.717) is 23.6 Å². The van der Waals surface area contributed by atoms with Crippen LogP contribution in [0.4, 0.5) is 5.69 Å². The van der Waals surface area contributed by atoms with Crippen LogP contribution in [0.25, 0.3) is 0 Å². The van der Waals surface area contributed by atoms with Crippen molar-refractivity contribution in [3.05, 3.63) is 53.6 Å². The van der Waals surface area contributed by atoms with Crippen LogP contribution in [0, 0.1) is 0 Å². The lowest BCUT2D eigenvalue weighted by molar-refractivity contribution is -0.117. The van der Waals surface area contributed by atoms with Crippen molar-refractivity contribution in [3.63, 3.8) is 0 Å². The molecule has 136 valence electrons. The van der Waals surface area contributed by atoms with Gasteiger partial charge >= 0.3 is 0 Å². The number of ether oxygens (including phenoxy) is 2. The van der Waals surface area contributed by atoms with Crippen LogP contribution in [0.2, 0.25) is 0 Å². The van der Waals surface area contributed by atoms with Crippen LogP contribution < -0.4 is 19.7 Å². The molecule has 26 heavy (non-hydrogen) atoms. The largest absolute Gasteiger partial charge is 0.497 e. The molecule has 1 N–H and O–H groups in total. The lowest BCUT2D eigenvalue weighted by atomic mass is 10.0. The fourth-order valence-electron chi connectivity index (χ4n) is 3.13. The molecule has 0 spiro atoms. The third-order valence-electron chi connectivity index (χ3n) is 4.46. The molecule has 0 fully saturated rings. The van der Waals surface area contributed by atoms with Crippen molar-refractivity contribution >= 4 is 17.5 Å². The van der Waals surface area contributed by atoms with E-state index in [9.17, 15) is 9.59 Å². The van der Waals surface area contributed by atoms with Crippen LogP contribution >= 0.6 is 0 Å². The fourth-order valence-corrected chi connectivity index (χ4v) is 3.13. The highest BCUT2D eigenvalue weighted by Crippen LogP contribution is 2.27. The maximum absolute atomic E-state index is 12.6. The van der Waals surface area contributed by atoms with Crippen LogP contribution in [-0.2, 0) is 11.2 Å². The molecule has 6 nitrogen and oxygen atoms in total. The first-order valence-electron chi connectivity index (χ1n) is 8.52. The third-order valence-corrected chi connectivity index (χ3v) is 4.46. The highest BCUT2D eigenvalue weighted by atomic mass is 16.5. The number of carbonyl (C=O) groups is 2. The van der Waals surface area contributed by atoms with Crippen molar-refractivity contribution < 1.29 is 19.1 Å². The van der Waals surface area contributed by atoms with E-state index in [1.54, 1.807) is 30.2 Å². The average molecular weight is 354 g/mol. The number of amides is 2. The SMILES string of the molecule is COc1ccc(C(=O)NCC(=O)N2CCCc3ccccc32)c(OC)c1. The van der Waals surface area contributed by atoms with Gasteiger partial charge < -0.3 is 19.7 Å². The number of carbonyl (C=O) groups excluding carboxylic acids is 2. The zero-order valence-corrected chi connectivity index (χ0v) is 15.0. The first kappa shape index (κ1) is 17.8. The van der Waals surface area contributed by atoms with Crippen LogP contribution in [0.1, 0.15) is 22.3 Å². The number of fused-ring (bicyclic) bond motifs is 1. The van der Waals surface area contributed by atoms with Gasteiger partial charge in [0.15, 0.2) is 0 Å². The van der Waals surface area contributed by atoms with Gasteiger partial charge in [0.2, 0.25) is 5.91 Å². The zero-order valence-electron chi connectivity index (χ0n) is 15.0. The molecule has 0 radical (unpaired) electrons. The van der Waals surface area contributed by atoms with E-state index >= 15 is 0 Å².